The molecule has 2 heteroatoms. The quantitative estimate of drug-likeness (QED) is 0.880. The first-order chi connectivity index (χ1) is 8.69. The van der Waals surface area contributed by atoms with Crippen LogP contribution in [0.2, 0.25) is 0 Å². The van der Waals surface area contributed by atoms with Gasteiger partial charge in [0, 0.05) is 18.9 Å². The van der Waals surface area contributed by atoms with E-state index in [0.29, 0.717) is 12.8 Å². The first kappa shape index (κ1) is 15.9. The second kappa shape index (κ2) is 6.33. The third-order valence-electron chi connectivity index (χ3n) is 3.38. The maximum atomic E-state index is 12.1. The zero-order chi connectivity index (χ0) is 14.6. The Morgan fingerprint density at radius 3 is 2.21 bits per heavy atom. The van der Waals surface area contributed by atoms with Crippen molar-refractivity contribution in [3.63, 3.8) is 0 Å². The molecule has 0 fully saturated rings. The molecule has 0 aliphatic heterocycles. The monoisotopic (exact) mass is 261 g/mol. The SMILES string of the molecule is Cc1cccc(C)c1CC(=O)CC(N)CC(C)(C)C. The van der Waals surface area contributed by atoms with Crippen molar-refractivity contribution in [2.45, 2.75) is 59.9 Å². The van der Waals surface area contributed by atoms with Crippen LogP contribution in [0, 0.1) is 19.3 Å². The molecule has 1 unspecified atom stereocenters. The minimum absolute atomic E-state index is 0.0307. The van der Waals surface area contributed by atoms with Crippen LogP contribution >= 0.6 is 0 Å². The van der Waals surface area contributed by atoms with Crippen molar-refractivity contribution in [1.29, 1.82) is 0 Å². The summed E-state index contributed by atoms with van der Waals surface area (Å²) in [5, 5.41) is 0. The van der Waals surface area contributed by atoms with Crippen LogP contribution in [0.5, 0.6) is 0 Å². The van der Waals surface area contributed by atoms with Crippen LogP contribution in [0.4, 0.5) is 0 Å². The van der Waals surface area contributed by atoms with E-state index >= 15 is 0 Å². The number of rotatable bonds is 5. The van der Waals surface area contributed by atoms with E-state index in [1.165, 1.54) is 11.1 Å². The number of carbonyl (C=O) groups is 1. The first-order valence-corrected chi connectivity index (χ1v) is 7.01. The molecule has 19 heavy (non-hydrogen) atoms. The lowest BCUT2D eigenvalue weighted by molar-refractivity contribution is -0.118. The van der Waals surface area contributed by atoms with Gasteiger partial charge in [0.05, 0.1) is 0 Å². The van der Waals surface area contributed by atoms with Crippen molar-refractivity contribution in [3.8, 4) is 0 Å². The third kappa shape index (κ3) is 5.56. The Hall–Kier alpha value is -1.15. The number of hydrogen-bond acceptors (Lipinski definition) is 2. The van der Waals surface area contributed by atoms with Gasteiger partial charge in [-0.1, -0.05) is 39.0 Å². The van der Waals surface area contributed by atoms with Crippen LogP contribution in [0.1, 0.15) is 50.3 Å². The predicted molar refractivity (Wildman–Crippen MR) is 81.3 cm³/mol. The van der Waals surface area contributed by atoms with Crippen LogP contribution in [-0.2, 0) is 11.2 Å². The van der Waals surface area contributed by atoms with E-state index in [0.717, 1.165) is 12.0 Å². The van der Waals surface area contributed by atoms with Gasteiger partial charge in [0.1, 0.15) is 5.78 Å². The molecule has 0 aromatic heterocycles. The normalized spacial score (nSPS) is 13.4. The van der Waals surface area contributed by atoms with Crippen LogP contribution in [0.15, 0.2) is 18.2 Å². The summed E-state index contributed by atoms with van der Waals surface area (Å²) in [5.74, 6) is 0.245. The van der Waals surface area contributed by atoms with Gasteiger partial charge in [-0.25, -0.2) is 0 Å². The lowest BCUT2D eigenvalue weighted by atomic mass is 9.86. The smallest absolute Gasteiger partial charge is 0.138 e. The summed E-state index contributed by atoms with van der Waals surface area (Å²) in [7, 11) is 0. The van der Waals surface area contributed by atoms with Crippen LogP contribution in [0.25, 0.3) is 0 Å². The fraction of sp³-hybridized carbons (Fsp3) is 0.588. The van der Waals surface area contributed by atoms with Crippen molar-refractivity contribution < 1.29 is 4.79 Å². The predicted octanol–water partition coefficient (Wildman–Crippen LogP) is 3.57. The van der Waals surface area contributed by atoms with Crippen molar-refractivity contribution in [2.75, 3.05) is 0 Å². The molecule has 1 rings (SSSR count). The Bertz CT molecular complexity index is 423. The van der Waals surface area contributed by atoms with E-state index in [1.54, 1.807) is 0 Å². The maximum Gasteiger partial charge on any atom is 0.138 e. The number of aryl methyl sites for hydroxylation is 2. The van der Waals surface area contributed by atoms with E-state index < -0.39 is 0 Å². The molecule has 0 amide bonds. The van der Waals surface area contributed by atoms with Crippen molar-refractivity contribution in [2.24, 2.45) is 11.1 Å². The molecular weight excluding hydrogens is 234 g/mol. The number of hydrogen-bond donors (Lipinski definition) is 1. The molecular formula is C17H27NO. The van der Waals surface area contributed by atoms with E-state index in [9.17, 15) is 4.79 Å². The van der Waals surface area contributed by atoms with Gasteiger partial charge in [-0.15, -0.1) is 0 Å². The number of Topliss-reactive ketones (excluding diaryl/α,β-unsaturated/α-hetero) is 1. The van der Waals surface area contributed by atoms with Gasteiger partial charge >= 0.3 is 0 Å². The molecule has 2 nitrogen and oxygen atoms in total. The summed E-state index contributed by atoms with van der Waals surface area (Å²) in [5.41, 5.74) is 9.80. The Morgan fingerprint density at radius 2 is 1.74 bits per heavy atom. The number of benzene rings is 1. The van der Waals surface area contributed by atoms with Gasteiger partial charge in [-0.2, -0.15) is 0 Å². The number of carbonyl (C=O) groups excluding carboxylic acids is 1. The molecule has 0 heterocycles. The average molecular weight is 261 g/mol. The second-order valence-electron chi connectivity index (χ2n) is 6.81. The molecule has 0 bridgehead atoms. The molecule has 0 saturated heterocycles. The summed E-state index contributed by atoms with van der Waals surface area (Å²) >= 11 is 0. The fourth-order valence-electron chi connectivity index (χ4n) is 2.55. The molecule has 0 saturated carbocycles. The van der Waals surface area contributed by atoms with Crippen LogP contribution < -0.4 is 5.73 Å². The Morgan fingerprint density at radius 1 is 1.21 bits per heavy atom. The molecule has 1 atom stereocenters. The first-order valence-electron chi connectivity index (χ1n) is 7.01. The van der Waals surface area contributed by atoms with Crippen LogP contribution in [-0.4, -0.2) is 11.8 Å². The van der Waals surface area contributed by atoms with Gasteiger partial charge < -0.3 is 5.73 Å². The summed E-state index contributed by atoms with van der Waals surface area (Å²) in [4.78, 5) is 12.1. The zero-order valence-corrected chi connectivity index (χ0v) is 12.9. The van der Waals surface area contributed by atoms with Crippen molar-refractivity contribution in [3.05, 3.63) is 34.9 Å². The Balaban J connectivity index is 2.61. The maximum absolute atomic E-state index is 12.1. The van der Waals surface area contributed by atoms with Gasteiger partial charge in [0.2, 0.25) is 0 Å². The van der Waals surface area contributed by atoms with E-state index in [2.05, 4.69) is 46.8 Å². The van der Waals surface area contributed by atoms with E-state index in [4.69, 9.17) is 5.73 Å². The van der Waals surface area contributed by atoms with Gasteiger partial charge in [0.25, 0.3) is 0 Å². The lowest BCUT2D eigenvalue weighted by Gasteiger charge is -2.22. The summed E-state index contributed by atoms with van der Waals surface area (Å²) in [6, 6.07) is 6.12. The molecule has 1 aromatic carbocycles. The number of nitrogens with two attached hydrogens (primary N) is 1. The van der Waals surface area contributed by atoms with E-state index in [-0.39, 0.29) is 17.2 Å². The second-order valence-corrected chi connectivity index (χ2v) is 6.81. The summed E-state index contributed by atoms with van der Waals surface area (Å²) in [6.07, 6.45) is 1.87. The molecule has 2 N–H and O–H groups in total. The molecule has 0 spiro atoms. The van der Waals surface area contributed by atoms with E-state index in [1.807, 2.05) is 6.07 Å². The van der Waals surface area contributed by atoms with Gasteiger partial charge in [-0.05, 0) is 42.4 Å². The standard InChI is InChI=1S/C17H27NO/c1-12-7-6-8-13(2)16(12)10-15(19)9-14(18)11-17(3,4)5/h6-8,14H,9-11,18H2,1-5H3. The molecule has 0 aliphatic rings. The minimum Gasteiger partial charge on any atom is -0.327 e. The Labute approximate surface area is 117 Å². The lowest BCUT2D eigenvalue weighted by Crippen LogP contribution is -2.29. The zero-order valence-electron chi connectivity index (χ0n) is 12.9. The number of ketones is 1. The minimum atomic E-state index is -0.0307. The average Bonchev–Trinajstić information content (AvgIpc) is 2.20. The highest BCUT2D eigenvalue weighted by Crippen LogP contribution is 2.22. The topological polar surface area (TPSA) is 43.1 Å². The van der Waals surface area contributed by atoms with Crippen molar-refractivity contribution in [1.82, 2.24) is 0 Å². The van der Waals surface area contributed by atoms with Crippen molar-refractivity contribution >= 4 is 5.78 Å². The third-order valence-corrected chi connectivity index (χ3v) is 3.38. The molecule has 1 aromatic rings. The van der Waals surface area contributed by atoms with Crippen LogP contribution in [0.3, 0.4) is 0 Å². The highest BCUT2D eigenvalue weighted by molar-refractivity contribution is 5.82. The molecule has 106 valence electrons. The molecule has 0 radical (unpaired) electrons. The summed E-state index contributed by atoms with van der Waals surface area (Å²) in [6.45, 7) is 10.6. The highest BCUT2D eigenvalue weighted by Gasteiger charge is 2.18. The fourth-order valence-corrected chi connectivity index (χ4v) is 2.55. The Kier molecular flexibility index (Phi) is 5.30. The van der Waals surface area contributed by atoms with Gasteiger partial charge in [-0.3, -0.25) is 4.79 Å². The summed E-state index contributed by atoms with van der Waals surface area (Å²) < 4.78 is 0. The highest BCUT2D eigenvalue weighted by atomic mass is 16.1. The molecule has 0 aliphatic carbocycles. The van der Waals surface area contributed by atoms with Gasteiger partial charge in [0.15, 0.2) is 0 Å². The largest absolute Gasteiger partial charge is 0.327 e.